The lowest BCUT2D eigenvalue weighted by atomic mass is 10.3. The molecule has 2 aliphatic heterocycles. The molecule has 2 rings (SSSR count). The topological polar surface area (TPSA) is 66.2 Å². The number of thioether (sulfide) groups is 1. The second-order valence-corrected chi connectivity index (χ2v) is 5.09. The van der Waals surface area contributed by atoms with Gasteiger partial charge in [-0.1, -0.05) is 11.8 Å². The van der Waals surface area contributed by atoms with E-state index in [2.05, 4.69) is 10.6 Å². The van der Waals surface area contributed by atoms with Crippen LogP contribution in [0.15, 0.2) is 5.28 Å². The second kappa shape index (κ2) is 4.19. The lowest BCUT2D eigenvalue weighted by Gasteiger charge is -2.10. The Hall–Kier alpha value is -0.860. The molecule has 7 nitrogen and oxygen atoms in total. The number of fused-ring (bicyclic) bond motifs is 1. The molecule has 2 aliphatic rings. The summed E-state index contributed by atoms with van der Waals surface area (Å²) in [5.74, 6) is 0.979. The molecule has 1 amide bonds. The first-order valence-electron chi connectivity index (χ1n) is 5.01. The molecular weight excluding hydrogens is 232 g/mol. The number of carbonyl (C=O) groups is 1. The van der Waals surface area contributed by atoms with Crippen molar-refractivity contribution in [2.75, 3.05) is 19.3 Å². The van der Waals surface area contributed by atoms with Crippen molar-refractivity contribution in [2.24, 2.45) is 5.28 Å². The molecule has 0 aromatic rings. The van der Waals surface area contributed by atoms with Crippen LogP contribution in [0.5, 0.6) is 0 Å². The minimum Gasteiger partial charge on any atom is -0.323 e. The Balaban J connectivity index is 2.13. The van der Waals surface area contributed by atoms with Crippen molar-refractivity contribution >= 4 is 17.9 Å². The fourth-order valence-corrected chi connectivity index (χ4v) is 2.83. The maximum atomic E-state index is 11.0. The van der Waals surface area contributed by atoms with E-state index in [9.17, 15) is 4.79 Å². The third-order valence-electron chi connectivity index (χ3n) is 2.34. The molecule has 90 valence electrons. The van der Waals surface area contributed by atoms with E-state index in [0.717, 1.165) is 12.3 Å². The maximum absolute atomic E-state index is 11.0. The molecule has 0 aromatic heterocycles. The van der Waals surface area contributed by atoms with Crippen LogP contribution >= 0.6 is 11.8 Å². The minimum absolute atomic E-state index is 0.0142. The molecule has 0 aromatic carbocycles. The van der Waals surface area contributed by atoms with Crippen molar-refractivity contribution in [1.29, 1.82) is 0 Å². The molecule has 1 unspecified atom stereocenters. The number of rotatable bonds is 1. The quantitative estimate of drug-likeness (QED) is 0.547. The van der Waals surface area contributed by atoms with Crippen molar-refractivity contribution in [2.45, 2.75) is 25.1 Å². The highest BCUT2D eigenvalue weighted by atomic mass is 32.2. The standard InChI is InChI=1S/C8H14N4O3S/c1-8(2)12(10-14-6(13)9-3)7-11(15-8)4-5-16-7/h7H,4-5H2,1-3H3/p+1. The van der Waals surface area contributed by atoms with E-state index in [1.807, 2.05) is 18.9 Å². The zero-order valence-electron chi connectivity index (χ0n) is 9.47. The molecule has 1 N–H and O–H groups in total. The van der Waals surface area contributed by atoms with Gasteiger partial charge in [0, 0.05) is 33.2 Å². The summed E-state index contributed by atoms with van der Waals surface area (Å²) in [6.07, 6.45) is -0.586. The number of hydroxylamine groups is 2. The zero-order valence-corrected chi connectivity index (χ0v) is 10.3. The van der Waals surface area contributed by atoms with E-state index in [1.165, 1.54) is 7.05 Å². The summed E-state index contributed by atoms with van der Waals surface area (Å²) in [7, 11) is 1.49. The van der Waals surface area contributed by atoms with Gasteiger partial charge in [-0.15, -0.1) is 5.06 Å². The minimum atomic E-state index is -0.591. The van der Waals surface area contributed by atoms with Crippen LogP contribution in [0.25, 0.3) is 0 Å². The van der Waals surface area contributed by atoms with Crippen LogP contribution in [0.2, 0.25) is 0 Å². The number of hydrogen-bond donors (Lipinski definition) is 1. The number of hydrogen-bond acceptors (Lipinski definition) is 6. The Bertz CT molecular complexity index is 333. The van der Waals surface area contributed by atoms with Gasteiger partial charge < -0.3 is 5.32 Å². The van der Waals surface area contributed by atoms with Gasteiger partial charge in [-0.3, -0.25) is 0 Å². The number of nitrogens with one attached hydrogen (secondary N) is 1. The Morgan fingerprint density at radius 1 is 1.75 bits per heavy atom. The van der Waals surface area contributed by atoms with Gasteiger partial charge >= 0.3 is 17.3 Å². The number of carbonyl (C=O) groups excluding carboxylic acids is 1. The predicted octanol–water partition coefficient (Wildman–Crippen LogP) is 0.736. The molecule has 16 heavy (non-hydrogen) atoms. The first kappa shape index (κ1) is 11.6. The maximum Gasteiger partial charge on any atom is 0.438 e. The third-order valence-corrected chi connectivity index (χ3v) is 3.49. The number of nitrogens with zero attached hydrogens (tertiary/aromatic N) is 3. The van der Waals surface area contributed by atoms with Gasteiger partial charge in [-0.25, -0.2) is 14.5 Å². The molecule has 0 radical (unpaired) electrons. The van der Waals surface area contributed by atoms with Crippen molar-refractivity contribution < 1.29 is 19.2 Å². The van der Waals surface area contributed by atoms with Crippen molar-refractivity contribution in [3.05, 3.63) is 0 Å². The van der Waals surface area contributed by atoms with E-state index >= 15 is 0 Å². The van der Waals surface area contributed by atoms with Gasteiger partial charge in [-0.2, -0.15) is 0 Å². The Morgan fingerprint density at radius 3 is 3.19 bits per heavy atom. The third kappa shape index (κ3) is 2.00. The summed E-state index contributed by atoms with van der Waals surface area (Å²) in [5, 5.41) is 8.00. The first-order valence-corrected chi connectivity index (χ1v) is 6.06. The average molecular weight is 247 g/mol. The Kier molecular flexibility index (Phi) is 3.04. The van der Waals surface area contributed by atoms with Gasteiger partial charge in [0.05, 0.1) is 0 Å². The molecule has 0 aliphatic carbocycles. The highest BCUT2D eigenvalue weighted by molar-refractivity contribution is 7.99. The van der Waals surface area contributed by atoms with Crippen LogP contribution in [0, 0.1) is 0 Å². The van der Waals surface area contributed by atoms with Crippen LogP contribution in [-0.4, -0.2) is 46.4 Å². The molecule has 0 saturated carbocycles. The number of amides is 1. The molecule has 2 heterocycles. The van der Waals surface area contributed by atoms with Crippen LogP contribution < -0.4 is 5.32 Å². The van der Waals surface area contributed by atoms with E-state index in [0.29, 0.717) is 0 Å². The summed E-state index contributed by atoms with van der Waals surface area (Å²) in [6, 6.07) is 0. The smallest absolute Gasteiger partial charge is 0.323 e. The Labute approximate surface area is 97.7 Å². The molecular formula is C8H15N4O3S+. The predicted molar refractivity (Wildman–Crippen MR) is 56.3 cm³/mol. The lowest BCUT2D eigenvalue weighted by molar-refractivity contribution is -0.692. The summed E-state index contributed by atoms with van der Waals surface area (Å²) >= 11 is 1.70. The highest BCUT2D eigenvalue weighted by Gasteiger charge is 2.56. The van der Waals surface area contributed by atoms with E-state index < -0.39 is 11.8 Å². The molecule has 0 spiro atoms. The SMILES string of the molecule is CNC(=O)ON=[N+]1C2SCCN2OC1(C)C. The summed E-state index contributed by atoms with van der Waals surface area (Å²) in [6.45, 7) is 4.61. The van der Waals surface area contributed by atoms with Gasteiger partial charge in [0.2, 0.25) is 5.28 Å². The van der Waals surface area contributed by atoms with Crippen LogP contribution in [0.4, 0.5) is 4.79 Å². The van der Waals surface area contributed by atoms with Crippen LogP contribution in [-0.2, 0) is 9.68 Å². The van der Waals surface area contributed by atoms with Gasteiger partial charge in [0.25, 0.3) is 0 Å². The monoisotopic (exact) mass is 247 g/mol. The van der Waals surface area contributed by atoms with Gasteiger partial charge in [-0.05, 0) is 4.70 Å². The molecule has 2 saturated heterocycles. The van der Waals surface area contributed by atoms with Crippen molar-refractivity contribution in [1.82, 2.24) is 10.4 Å². The second-order valence-electron chi connectivity index (χ2n) is 3.93. The first-order chi connectivity index (χ1) is 7.54. The van der Waals surface area contributed by atoms with Crippen LogP contribution in [0.1, 0.15) is 13.8 Å². The fraction of sp³-hybridized carbons (Fsp3) is 0.875. The molecule has 8 heteroatoms. The van der Waals surface area contributed by atoms with E-state index in [4.69, 9.17) is 9.68 Å². The van der Waals surface area contributed by atoms with Crippen molar-refractivity contribution in [3.63, 3.8) is 0 Å². The summed E-state index contributed by atoms with van der Waals surface area (Å²) in [5.41, 5.74) is -0.605. The largest absolute Gasteiger partial charge is 0.438 e. The highest BCUT2D eigenvalue weighted by Crippen LogP contribution is 2.37. The lowest BCUT2D eigenvalue weighted by Crippen LogP contribution is -2.34. The summed E-state index contributed by atoms with van der Waals surface area (Å²) < 4.78 is 1.65. The van der Waals surface area contributed by atoms with Crippen LogP contribution in [0.3, 0.4) is 0 Å². The van der Waals surface area contributed by atoms with E-state index in [-0.39, 0.29) is 5.50 Å². The van der Waals surface area contributed by atoms with E-state index in [1.54, 1.807) is 16.5 Å². The molecule has 1 atom stereocenters. The van der Waals surface area contributed by atoms with Gasteiger partial charge in [0.1, 0.15) is 0 Å². The normalized spacial score (nSPS) is 30.4. The zero-order chi connectivity index (χ0) is 11.8. The van der Waals surface area contributed by atoms with Crippen molar-refractivity contribution in [3.8, 4) is 0 Å². The molecule has 0 bridgehead atoms. The summed E-state index contributed by atoms with van der Waals surface area (Å²) in [4.78, 5) is 21.3. The molecule has 2 fully saturated rings. The van der Waals surface area contributed by atoms with Gasteiger partial charge in [0.15, 0.2) is 0 Å². The Morgan fingerprint density at radius 2 is 2.50 bits per heavy atom. The average Bonchev–Trinajstić information content (AvgIpc) is 2.72. The fourth-order valence-electron chi connectivity index (χ4n) is 1.59.